The maximum absolute atomic E-state index is 12.8. The molecule has 1 aromatic heterocycles. The lowest BCUT2D eigenvalue weighted by atomic mass is 9.79. The van der Waals surface area contributed by atoms with Crippen LogP contribution in [0.2, 0.25) is 0 Å². The fourth-order valence-corrected chi connectivity index (χ4v) is 5.67. The second kappa shape index (κ2) is 6.29. The van der Waals surface area contributed by atoms with Crippen LogP contribution in [-0.2, 0) is 11.3 Å². The molecule has 5 rings (SSSR count). The monoisotopic (exact) mass is 371 g/mol. The van der Waals surface area contributed by atoms with E-state index in [4.69, 9.17) is 0 Å². The normalized spacial score (nSPS) is 29.9. The van der Waals surface area contributed by atoms with Crippen LogP contribution < -0.4 is 0 Å². The molecule has 6 heteroatoms. The van der Waals surface area contributed by atoms with E-state index in [1.165, 1.54) is 32.1 Å². The van der Waals surface area contributed by atoms with Crippen molar-refractivity contribution in [3.05, 3.63) is 11.9 Å². The van der Waals surface area contributed by atoms with Gasteiger partial charge in [0.15, 0.2) is 0 Å². The SMILES string of the molecule is CC1(C)CCCN1Cc1cn(C2CCN(C(=O)[C@@H]3CC34CCC4)CC2)nn1. The van der Waals surface area contributed by atoms with Gasteiger partial charge in [0.2, 0.25) is 5.91 Å². The molecule has 1 aromatic rings. The highest BCUT2D eigenvalue weighted by molar-refractivity contribution is 5.83. The van der Waals surface area contributed by atoms with E-state index >= 15 is 0 Å². The molecule has 0 aromatic carbocycles. The second-order valence-electron chi connectivity index (χ2n) is 10.1. The van der Waals surface area contributed by atoms with Crippen LogP contribution in [0, 0.1) is 11.3 Å². The van der Waals surface area contributed by atoms with Crippen LogP contribution in [0.25, 0.3) is 0 Å². The van der Waals surface area contributed by atoms with Crippen LogP contribution in [0.5, 0.6) is 0 Å². The van der Waals surface area contributed by atoms with Crippen molar-refractivity contribution in [1.29, 1.82) is 0 Å². The highest BCUT2D eigenvalue weighted by atomic mass is 16.2. The first kappa shape index (κ1) is 17.7. The average Bonchev–Trinajstić information content (AvgIpc) is 3.10. The maximum atomic E-state index is 12.8. The van der Waals surface area contributed by atoms with Gasteiger partial charge >= 0.3 is 0 Å². The zero-order valence-electron chi connectivity index (χ0n) is 16.9. The zero-order valence-corrected chi connectivity index (χ0v) is 16.9. The van der Waals surface area contributed by atoms with Gasteiger partial charge in [-0.05, 0) is 70.8 Å². The molecule has 1 amide bonds. The van der Waals surface area contributed by atoms with E-state index in [0.29, 0.717) is 23.3 Å². The lowest BCUT2D eigenvalue weighted by Gasteiger charge is -2.34. The standard InChI is InChI=1S/C21H33N5O/c1-20(2)7-4-10-25(20)14-16-15-26(23-22-16)17-5-11-24(12-6-17)19(27)18-13-21(18)8-3-9-21/h15,17-18H,3-14H2,1-2H3/t18-/m0/s1. The van der Waals surface area contributed by atoms with Gasteiger partial charge in [-0.25, -0.2) is 4.68 Å². The lowest BCUT2D eigenvalue weighted by Crippen LogP contribution is -2.41. The lowest BCUT2D eigenvalue weighted by molar-refractivity contribution is -0.135. The maximum Gasteiger partial charge on any atom is 0.226 e. The van der Waals surface area contributed by atoms with Crippen molar-refractivity contribution in [3.8, 4) is 0 Å². The molecule has 3 heterocycles. The van der Waals surface area contributed by atoms with Crippen molar-refractivity contribution < 1.29 is 4.79 Å². The van der Waals surface area contributed by atoms with Gasteiger partial charge in [-0.15, -0.1) is 5.10 Å². The summed E-state index contributed by atoms with van der Waals surface area (Å²) in [6.07, 6.45) is 11.7. The number of rotatable bonds is 4. The average molecular weight is 372 g/mol. The number of nitrogens with zero attached hydrogens (tertiary/aromatic N) is 5. The Bertz CT molecular complexity index is 714. The molecule has 1 atom stereocenters. The first-order chi connectivity index (χ1) is 13.0. The number of amides is 1. The minimum absolute atomic E-state index is 0.274. The summed E-state index contributed by atoms with van der Waals surface area (Å²) in [6, 6.07) is 0.388. The molecule has 2 aliphatic carbocycles. The number of hydrogen-bond acceptors (Lipinski definition) is 4. The molecule has 2 saturated carbocycles. The van der Waals surface area contributed by atoms with Gasteiger partial charge in [0, 0.05) is 31.1 Å². The van der Waals surface area contributed by atoms with E-state index < -0.39 is 0 Å². The smallest absolute Gasteiger partial charge is 0.226 e. The Balaban J connectivity index is 1.15. The van der Waals surface area contributed by atoms with Crippen molar-refractivity contribution in [2.75, 3.05) is 19.6 Å². The number of piperidine rings is 1. The summed E-state index contributed by atoms with van der Waals surface area (Å²) in [4.78, 5) is 17.4. The molecular formula is C21H33N5O. The molecule has 0 radical (unpaired) electrons. The predicted molar refractivity (Wildman–Crippen MR) is 103 cm³/mol. The van der Waals surface area contributed by atoms with Gasteiger partial charge in [-0.2, -0.15) is 0 Å². The first-order valence-electron chi connectivity index (χ1n) is 10.9. The molecule has 4 fully saturated rings. The summed E-state index contributed by atoms with van der Waals surface area (Å²) in [5.41, 5.74) is 1.79. The van der Waals surface area contributed by atoms with Gasteiger partial charge in [0.25, 0.3) is 0 Å². The first-order valence-corrected chi connectivity index (χ1v) is 10.9. The highest BCUT2D eigenvalue weighted by Gasteiger charge is 2.61. The Morgan fingerprint density at radius 3 is 2.52 bits per heavy atom. The van der Waals surface area contributed by atoms with E-state index in [0.717, 1.165) is 51.1 Å². The molecule has 4 aliphatic rings. The quantitative estimate of drug-likeness (QED) is 0.816. The van der Waals surface area contributed by atoms with Crippen molar-refractivity contribution >= 4 is 5.91 Å². The van der Waals surface area contributed by atoms with E-state index in [9.17, 15) is 4.79 Å². The summed E-state index contributed by atoms with van der Waals surface area (Å²) in [7, 11) is 0. The topological polar surface area (TPSA) is 54.3 Å². The van der Waals surface area contributed by atoms with Crippen molar-refractivity contribution in [1.82, 2.24) is 24.8 Å². The Kier molecular flexibility index (Phi) is 4.12. The Morgan fingerprint density at radius 2 is 1.93 bits per heavy atom. The number of carbonyl (C=O) groups is 1. The Labute approximate surface area is 162 Å². The molecule has 0 bridgehead atoms. The number of aromatic nitrogens is 3. The molecule has 0 N–H and O–H groups in total. The van der Waals surface area contributed by atoms with Crippen molar-refractivity contribution in [2.24, 2.45) is 11.3 Å². The van der Waals surface area contributed by atoms with Crippen molar-refractivity contribution in [2.45, 2.75) is 83.3 Å². The second-order valence-corrected chi connectivity index (χ2v) is 10.1. The molecule has 0 unspecified atom stereocenters. The minimum atomic E-state index is 0.274. The molecule has 2 aliphatic heterocycles. The number of likely N-dealkylation sites (tertiary alicyclic amines) is 2. The van der Waals surface area contributed by atoms with Gasteiger partial charge in [-0.3, -0.25) is 9.69 Å². The predicted octanol–water partition coefficient (Wildman–Crippen LogP) is 3.01. The van der Waals surface area contributed by atoms with E-state index in [1.807, 2.05) is 0 Å². The Hall–Kier alpha value is -1.43. The summed E-state index contributed by atoms with van der Waals surface area (Å²) < 4.78 is 2.06. The molecule has 6 nitrogen and oxygen atoms in total. The number of hydrogen-bond donors (Lipinski definition) is 0. The fourth-order valence-electron chi connectivity index (χ4n) is 5.67. The van der Waals surface area contributed by atoms with Crippen LogP contribution in [-0.4, -0.2) is 55.9 Å². The molecule has 1 spiro atoms. The fraction of sp³-hybridized carbons (Fsp3) is 0.857. The Morgan fingerprint density at radius 1 is 1.15 bits per heavy atom. The van der Waals surface area contributed by atoms with E-state index in [1.54, 1.807) is 0 Å². The summed E-state index contributed by atoms with van der Waals surface area (Å²) >= 11 is 0. The molecule has 2 saturated heterocycles. The third kappa shape index (κ3) is 3.10. The zero-order chi connectivity index (χ0) is 18.6. The van der Waals surface area contributed by atoms with Crippen LogP contribution in [0.3, 0.4) is 0 Å². The van der Waals surface area contributed by atoms with Crippen LogP contribution in [0.1, 0.15) is 76.9 Å². The molecule has 148 valence electrons. The summed E-state index contributed by atoms with van der Waals surface area (Å²) in [5, 5.41) is 8.87. The third-order valence-corrected chi connectivity index (χ3v) is 7.97. The third-order valence-electron chi connectivity index (χ3n) is 7.97. The molecular weight excluding hydrogens is 338 g/mol. The highest BCUT2D eigenvalue weighted by Crippen LogP contribution is 2.66. The molecule has 27 heavy (non-hydrogen) atoms. The van der Waals surface area contributed by atoms with Gasteiger partial charge in [0.1, 0.15) is 0 Å². The van der Waals surface area contributed by atoms with E-state index in [-0.39, 0.29) is 5.54 Å². The van der Waals surface area contributed by atoms with Gasteiger partial charge in [-0.1, -0.05) is 11.6 Å². The van der Waals surface area contributed by atoms with E-state index in [2.05, 4.69) is 44.8 Å². The summed E-state index contributed by atoms with van der Waals surface area (Å²) in [5.74, 6) is 0.785. The van der Waals surface area contributed by atoms with Crippen LogP contribution in [0.4, 0.5) is 0 Å². The van der Waals surface area contributed by atoms with Crippen molar-refractivity contribution in [3.63, 3.8) is 0 Å². The summed E-state index contributed by atoms with van der Waals surface area (Å²) in [6.45, 7) is 8.46. The van der Waals surface area contributed by atoms with Gasteiger partial charge < -0.3 is 4.90 Å². The van der Waals surface area contributed by atoms with Crippen LogP contribution in [0.15, 0.2) is 6.20 Å². The largest absolute Gasteiger partial charge is 0.342 e. The number of carbonyl (C=O) groups excluding carboxylic acids is 1. The minimum Gasteiger partial charge on any atom is -0.342 e. The van der Waals surface area contributed by atoms with Crippen LogP contribution >= 0.6 is 0 Å². The van der Waals surface area contributed by atoms with Gasteiger partial charge in [0.05, 0.1) is 17.9 Å².